The highest BCUT2D eigenvalue weighted by Crippen LogP contribution is 2.18. The van der Waals surface area contributed by atoms with E-state index in [-0.39, 0.29) is 0 Å². The summed E-state index contributed by atoms with van der Waals surface area (Å²) in [4.78, 5) is 0. The highest BCUT2D eigenvalue weighted by molar-refractivity contribution is 5.21. The van der Waals surface area contributed by atoms with Crippen molar-refractivity contribution in [2.24, 2.45) is 0 Å². The Labute approximate surface area is 96.3 Å². The lowest BCUT2D eigenvalue weighted by atomic mass is 10.0. The molecule has 1 unspecified atom stereocenters. The van der Waals surface area contributed by atoms with Gasteiger partial charge in [-0.15, -0.1) is 0 Å². The minimum atomic E-state index is 0.365. The summed E-state index contributed by atoms with van der Waals surface area (Å²) in [6.07, 6.45) is 4.50. The molecule has 0 aliphatic carbocycles. The lowest BCUT2D eigenvalue weighted by molar-refractivity contribution is 0.535. The van der Waals surface area contributed by atoms with Crippen molar-refractivity contribution in [3.05, 3.63) is 60.1 Å². The van der Waals surface area contributed by atoms with Crippen molar-refractivity contribution in [2.75, 3.05) is 6.54 Å². The van der Waals surface area contributed by atoms with Crippen molar-refractivity contribution in [3.8, 4) is 0 Å². The first kappa shape index (κ1) is 11.0. The van der Waals surface area contributed by atoms with Gasteiger partial charge in [0.15, 0.2) is 0 Å². The molecule has 0 saturated carbocycles. The number of nitrogens with one attached hydrogen (secondary N) is 1. The van der Waals surface area contributed by atoms with Crippen LogP contribution in [0.4, 0.5) is 0 Å². The lowest BCUT2D eigenvalue weighted by Crippen LogP contribution is -2.22. The summed E-state index contributed by atoms with van der Waals surface area (Å²) >= 11 is 0. The van der Waals surface area contributed by atoms with Crippen LogP contribution in [0.15, 0.2) is 53.3 Å². The van der Waals surface area contributed by atoms with E-state index < -0.39 is 0 Å². The molecule has 1 aromatic carbocycles. The first-order chi connectivity index (χ1) is 7.90. The zero-order valence-corrected chi connectivity index (χ0v) is 9.52. The third kappa shape index (κ3) is 2.74. The molecule has 2 heteroatoms. The minimum absolute atomic E-state index is 0.365. The molecule has 1 N–H and O–H groups in total. The van der Waals surface area contributed by atoms with Gasteiger partial charge in [-0.05, 0) is 30.2 Å². The molecule has 0 fully saturated rings. The van der Waals surface area contributed by atoms with Gasteiger partial charge in [0, 0.05) is 6.04 Å². The van der Waals surface area contributed by atoms with E-state index in [2.05, 4.69) is 36.5 Å². The molecular formula is C14H17NO. The molecule has 1 aromatic heterocycles. The Morgan fingerprint density at radius 2 is 2.00 bits per heavy atom. The molecule has 0 saturated heterocycles. The Balaban J connectivity index is 2.11. The second-order valence-corrected chi connectivity index (χ2v) is 3.86. The second kappa shape index (κ2) is 5.52. The molecule has 0 bridgehead atoms. The van der Waals surface area contributed by atoms with E-state index in [1.54, 1.807) is 6.26 Å². The van der Waals surface area contributed by atoms with Gasteiger partial charge in [-0.3, -0.25) is 0 Å². The maximum absolute atomic E-state index is 5.10. The zero-order chi connectivity index (χ0) is 11.2. The Morgan fingerprint density at radius 1 is 1.19 bits per heavy atom. The van der Waals surface area contributed by atoms with E-state index in [1.165, 1.54) is 11.1 Å². The third-order valence-electron chi connectivity index (χ3n) is 2.67. The summed E-state index contributed by atoms with van der Waals surface area (Å²) in [5.41, 5.74) is 2.56. The molecule has 0 radical (unpaired) electrons. The summed E-state index contributed by atoms with van der Waals surface area (Å²) in [5.74, 6) is 0. The third-order valence-corrected chi connectivity index (χ3v) is 2.67. The number of furan rings is 1. The predicted molar refractivity (Wildman–Crippen MR) is 65.3 cm³/mol. The van der Waals surface area contributed by atoms with Gasteiger partial charge < -0.3 is 9.73 Å². The van der Waals surface area contributed by atoms with Crippen LogP contribution >= 0.6 is 0 Å². The monoisotopic (exact) mass is 215 g/mol. The van der Waals surface area contributed by atoms with Crippen LogP contribution in [0.1, 0.15) is 24.1 Å². The molecule has 1 atom stereocenters. The van der Waals surface area contributed by atoms with Gasteiger partial charge in [-0.2, -0.15) is 0 Å². The van der Waals surface area contributed by atoms with E-state index in [0.29, 0.717) is 6.04 Å². The van der Waals surface area contributed by atoms with Crippen LogP contribution < -0.4 is 5.32 Å². The Kier molecular flexibility index (Phi) is 3.78. The number of rotatable bonds is 5. The Hall–Kier alpha value is -1.54. The molecule has 2 aromatic rings. The van der Waals surface area contributed by atoms with E-state index in [1.807, 2.05) is 18.4 Å². The average molecular weight is 215 g/mol. The SMILES string of the molecule is CCNC(Cc1ccoc1)c1ccccc1. The van der Waals surface area contributed by atoms with Gasteiger partial charge in [0.1, 0.15) is 0 Å². The molecule has 0 amide bonds. The molecule has 84 valence electrons. The smallest absolute Gasteiger partial charge is 0.0935 e. The van der Waals surface area contributed by atoms with Crippen molar-refractivity contribution in [1.29, 1.82) is 0 Å². The summed E-state index contributed by atoms with van der Waals surface area (Å²) in [6.45, 7) is 3.10. The maximum atomic E-state index is 5.10. The number of hydrogen-bond acceptors (Lipinski definition) is 2. The van der Waals surface area contributed by atoms with Gasteiger partial charge in [-0.1, -0.05) is 37.3 Å². The van der Waals surface area contributed by atoms with Gasteiger partial charge >= 0.3 is 0 Å². The van der Waals surface area contributed by atoms with E-state index >= 15 is 0 Å². The largest absolute Gasteiger partial charge is 0.472 e. The quantitative estimate of drug-likeness (QED) is 0.828. The lowest BCUT2D eigenvalue weighted by Gasteiger charge is -2.17. The van der Waals surface area contributed by atoms with Crippen LogP contribution in [0.3, 0.4) is 0 Å². The number of hydrogen-bond donors (Lipinski definition) is 1. The molecular weight excluding hydrogens is 198 g/mol. The summed E-state index contributed by atoms with van der Waals surface area (Å²) < 4.78 is 5.10. The second-order valence-electron chi connectivity index (χ2n) is 3.86. The van der Waals surface area contributed by atoms with Crippen LogP contribution in [0, 0.1) is 0 Å². The standard InChI is InChI=1S/C14H17NO/c1-2-15-14(10-12-8-9-16-11-12)13-6-4-3-5-7-13/h3-9,11,14-15H,2,10H2,1H3. The van der Waals surface area contributed by atoms with Gasteiger partial charge in [-0.25, -0.2) is 0 Å². The van der Waals surface area contributed by atoms with E-state index in [4.69, 9.17) is 4.42 Å². The predicted octanol–water partition coefficient (Wildman–Crippen LogP) is 3.17. The summed E-state index contributed by atoms with van der Waals surface area (Å²) in [7, 11) is 0. The van der Waals surface area contributed by atoms with Gasteiger partial charge in [0.2, 0.25) is 0 Å². The van der Waals surface area contributed by atoms with Crippen molar-refractivity contribution in [3.63, 3.8) is 0 Å². The minimum Gasteiger partial charge on any atom is -0.472 e. The van der Waals surface area contributed by atoms with Crippen molar-refractivity contribution in [1.82, 2.24) is 5.32 Å². The molecule has 16 heavy (non-hydrogen) atoms. The fraction of sp³-hybridized carbons (Fsp3) is 0.286. The average Bonchev–Trinajstić information content (AvgIpc) is 2.83. The summed E-state index contributed by atoms with van der Waals surface area (Å²) in [6, 6.07) is 12.9. The fourth-order valence-corrected chi connectivity index (χ4v) is 1.88. The molecule has 2 nitrogen and oxygen atoms in total. The number of likely N-dealkylation sites (N-methyl/N-ethyl adjacent to an activating group) is 1. The van der Waals surface area contributed by atoms with Crippen LogP contribution in [-0.4, -0.2) is 6.54 Å². The molecule has 2 rings (SSSR count). The maximum Gasteiger partial charge on any atom is 0.0935 e. The van der Waals surface area contributed by atoms with Crippen molar-refractivity contribution in [2.45, 2.75) is 19.4 Å². The Morgan fingerprint density at radius 3 is 2.62 bits per heavy atom. The van der Waals surface area contributed by atoms with Crippen molar-refractivity contribution < 1.29 is 4.42 Å². The summed E-state index contributed by atoms with van der Waals surface area (Å²) in [5, 5.41) is 3.50. The first-order valence-electron chi connectivity index (χ1n) is 5.69. The first-order valence-corrected chi connectivity index (χ1v) is 5.69. The van der Waals surface area contributed by atoms with Crippen LogP contribution in [0.2, 0.25) is 0 Å². The topological polar surface area (TPSA) is 25.2 Å². The molecule has 1 heterocycles. The molecule has 0 spiro atoms. The van der Waals surface area contributed by atoms with E-state index in [0.717, 1.165) is 13.0 Å². The van der Waals surface area contributed by atoms with Crippen LogP contribution in [0.25, 0.3) is 0 Å². The van der Waals surface area contributed by atoms with Gasteiger partial charge in [0.05, 0.1) is 12.5 Å². The highest BCUT2D eigenvalue weighted by Gasteiger charge is 2.10. The van der Waals surface area contributed by atoms with Gasteiger partial charge in [0.25, 0.3) is 0 Å². The zero-order valence-electron chi connectivity index (χ0n) is 9.52. The van der Waals surface area contributed by atoms with Crippen LogP contribution in [0.5, 0.6) is 0 Å². The molecule has 0 aliphatic heterocycles. The number of benzene rings is 1. The van der Waals surface area contributed by atoms with Crippen LogP contribution in [-0.2, 0) is 6.42 Å². The van der Waals surface area contributed by atoms with Crippen molar-refractivity contribution >= 4 is 0 Å². The normalized spacial score (nSPS) is 12.6. The molecule has 0 aliphatic rings. The fourth-order valence-electron chi connectivity index (χ4n) is 1.88. The Bertz CT molecular complexity index is 394. The highest BCUT2D eigenvalue weighted by atomic mass is 16.3. The van der Waals surface area contributed by atoms with E-state index in [9.17, 15) is 0 Å².